The molecule has 0 aliphatic rings. The maximum absolute atomic E-state index is 11.9. The van der Waals surface area contributed by atoms with Crippen molar-refractivity contribution in [2.75, 3.05) is 25.6 Å². The minimum absolute atomic E-state index is 0.268. The molecule has 0 bridgehead atoms. The molecule has 0 spiro atoms. The Morgan fingerprint density at radius 3 is 2.95 bits per heavy atom. The van der Waals surface area contributed by atoms with Gasteiger partial charge in [-0.25, -0.2) is 9.97 Å². The average Bonchev–Trinajstić information content (AvgIpc) is 3.03. The summed E-state index contributed by atoms with van der Waals surface area (Å²) in [5.74, 6) is 1.03. The molecule has 1 amide bonds. The molecule has 0 atom stereocenters. The van der Waals surface area contributed by atoms with Crippen molar-refractivity contribution in [1.29, 1.82) is 0 Å². The topological polar surface area (TPSA) is 89.3 Å². The lowest BCUT2D eigenvalue weighted by atomic mass is 10.4. The Morgan fingerprint density at radius 1 is 1.38 bits per heavy atom. The first-order chi connectivity index (χ1) is 10.3. The van der Waals surface area contributed by atoms with Gasteiger partial charge in [0.15, 0.2) is 0 Å². The molecule has 112 valence electrons. The molecule has 7 nitrogen and oxygen atoms in total. The standard InChI is InChI=1S/C14H18N4O3/c1-20-6-3-5-15-13-10-16-12(9-17-13)14(19)18-8-11-4-2-7-21-11/h2,4,7,9-10H,3,5-6,8H2,1H3,(H,15,17)(H,18,19). The quantitative estimate of drug-likeness (QED) is 0.715. The second-order valence-electron chi connectivity index (χ2n) is 4.32. The van der Waals surface area contributed by atoms with Crippen LogP contribution in [-0.4, -0.2) is 36.1 Å². The first-order valence-corrected chi connectivity index (χ1v) is 6.65. The molecule has 0 fully saturated rings. The summed E-state index contributed by atoms with van der Waals surface area (Å²) in [6, 6.07) is 3.56. The van der Waals surface area contributed by atoms with Crippen molar-refractivity contribution in [3.8, 4) is 0 Å². The van der Waals surface area contributed by atoms with Crippen LogP contribution in [0.25, 0.3) is 0 Å². The van der Waals surface area contributed by atoms with Crippen LogP contribution in [0.4, 0.5) is 5.82 Å². The molecule has 2 heterocycles. The Labute approximate surface area is 122 Å². The van der Waals surface area contributed by atoms with Gasteiger partial charge in [-0.15, -0.1) is 0 Å². The average molecular weight is 290 g/mol. The summed E-state index contributed by atoms with van der Waals surface area (Å²) in [7, 11) is 1.66. The van der Waals surface area contributed by atoms with Crippen LogP contribution in [0.5, 0.6) is 0 Å². The highest BCUT2D eigenvalue weighted by molar-refractivity contribution is 5.91. The summed E-state index contributed by atoms with van der Waals surface area (Å²) in [6.07, 6.45) is 5.42. The summed E-state index contributed by atoms with van der Waals surface area (Å²) in [4.78, 5) is 20.1. The largest absolute Gasteiger partial charge is 0.467 e. The van der Waals surface area contributed by atoms with Crippen molar-refractivity contribution in [2.24, 2.45) is 0 Å². The third-order valence-electron chi connectivity index (χ3n) is 2.72. The van der Waals surface area contributed by atoms with Crippen LogP contribution in [0.1, 0.15) is 22.7 Å². The molecule has 0 aromatic carbocycles. The molecule has 21 heavy (non-hydrogen) atoms. The molecule has 0 saturated heterocycles. The van der Waals surface area contributed by atoms with Crippen LogP contribution in [-0.2, 0) is 11.3 Å². The zero-order valence-corrected chi connectivity index (χ0v) is 11.8. The van der Waals surface area contributed by atoms with Crippen molar-refractivity contribution < 1.29 is 13.9 Å². The lowest BCUT2D eigenvalue weighted by Gasteiger charge is -2.06. The first kappa shape index (κ1) is 15.0. The number of carbonyl (C=O) groups excluding carboxylic acids is 1. The van der Waals surface area contributed by atoms with Gasteiger partial charge in [0.05, 0.1) is 25.2 Å². The van der Waals surface area contributed by atoms with Gasteiger partial charge in [-0.2, -0.15) is 0 Å². The van der Waals surface area contributed by atoms with Gasteiger partial charge in [-0.05, 0) is 18.6 Å². The van der Waals surface area contributed by atoms with Crippen LogP contribution in [0.2, 0.25) is 0 Å². The fourth-order valence-electron chi connectivity index (χ4n) is 1.64. The number of nitrogens with one attached hydrogen (secondary N) is 2. The lowest BCUT2D eigenvalue weighted by molar-refractivity contribution is 0.0942. The van der Waals surface area contributed by atoms with E-state index in [0.717, 1.165) is 13.0 Å². The van der Waals surface area contributed by atoms with E-state index in [-0.39, 0.29) is 11.6 Å². The van der Waals surface area contributed by atoms with Crippen LogP contribution < -0.4 is 10.6 Å². The van der Waals surface area contributed by atoms with Crippen LogP contribution >= 0.6 is 0 Å². The lowest BCUT2D eigenvalue weighted by Crippen LogP contribution is -2.23. The smallest absolute Gasteiger partial charge is 0.271 e. The van der Waals surface area contributed by atoms with Gasteiger partial charge in [-0.3, -0.25) is 4.79 Å². The number of hydrogen-bond donors (Lipinski definition) is 2. The van der Waals surface area contributed by atoms with E-state index in [9.17, 15) is 4.79 Å². The second-order valence-corrected chi connectivity index (χ2v) is 4.32. The van der Waals surface area contributed by atoms with E-state index in [1.807, 2.05) is 0 Å². The van der Waals surface area contributed by atoms with E-state index in [2.05, 4.69) is 20.6 Å². The monoisotopic (exact) mass is 290 g/mol. The number of nitrogens with zero attached hydrogens (tertiary/aromatic N) is 2. The Bertz CT molecular complexity index is 540. The SMILES string of the molecule is COCCCNc1cnc(C(=O)NCc2ccco2)cn1. The molecule has 2 aromatic rings. The summed E-state index contributed by atoms with van der Waals surface area (Å²) in [5, 5.41) is 5.81. The fourth-order valence-corrected chi connectivity index (χ4v) is 1.64. The number of ether oxygens (including phenoxy) is 1. The van der Waals surface area contributed by atoms with Crippen molar-refractivity contribution in [3.63, 3.8) is 0 Å². The maximum Gasteiger partial charge on any atom is 0.271 e. The zero-order chi connectivity index (χ0) is 14.9. The van der Waals surface area contributed by atoms with Gasteiger partial charge in [0.25, 0.3) is 5.91 Å². The maximum atomic E-state index is 11.9. The summed E-state index contributed by atoms with van der Waals surface area (Å²) < 4.78 is 10.1. The highest BCUT2D eigenvalue weighted by atomic mass is 16.5. The third-order valence-corrected chi connectivity index (χ3v) is 2.72. The number of rotatable bonds is 8. The van der Waals surface area contributed by atoms with E-state index >= 15 is 0 Å². The van der Waals surface area contributed by atoms with Gasteiger partial charge in [0.1, 0.15) is 17.3 Å². The Balaban J connectivity index is 1.79. The summed E-state index contributed by atoms with van der Waals surface area (Å²) in [5.41, 5.74) is 0.268. The normalized spacial score (nSPS) is 10.3. The van der Waals surface area contributed by atoms with Gasteiger partial charge in [0.2, 0.25) is 0 Å². The highest BCUT2D eigenvalue weighted by Gasteiger charge is 2.08. The molecule has 2 aromatic heterocycles. The molecule has 0 radical (unpaired) electrons. The van der Waals surface area contributed by atoms with Gasteiger partial charge < -0.3 is 19.8 Å². The van der Waals surface area contributed by atoms with Crippen LogP contribution in [0.15, 0.2) is 35.2 Å². The minimum atomic E-state index is -0.287. The first-order valence-electron chi connectivity index (χ1n) is 6.65. The molecule has 0 aliphatic carbocycles. The van der Waals surface area contributed by atoms with E-state index < -0.39 is 0 Å². The fraction of sp³-hybridized carbons (Fsp3) is 0.357. The molecule has 0 saturated carbocycles. The second kappa shape index (κ2) is 8.01. The predicted molar refractivity (Wildman–Crippen MR) is 76.9 cm³/mol. The third kappa shape index (κ3) is 4.88. The van der Waals surface area contributed by atoms with Crippen LogP contribution in [0, 0.1) is 0 Å². The number of carbonyl (C=O) groups is 1. The van der Waals surface area contributed by atoms with E-state index in [4.69, 9.17) is 9.15 Å². The molecule has 0 unspecified atom stereocenters. The Kier molecular flexibility index (Phi) is 5.71. The molecule has 7 heteroatoms. The summed E-state index contributed by atoms with van der Waals surface area (Å²) >= 11 is 0. The Morgan fingerprint density at radius 2 is 2.29 bits per heavy atom. The van der Waals surface area contributed by atoms with Crippen molar-refractivity contribution >= 4 is 11.7 Å². The molecule has 0 aliphatic heterocycles. The van der Waals surface area contributed by atoms with E-state index in [1.165, 1.54) is 12.4 Å². The number of aromatic nitrogens is 2. The van der Waals surface area contributed by atoms with Crippen molar-refractivity contribution in [1.82, 2.24) is 15.3 Å². The highest BCUT2D eigenvalue weighted by Crippen LogP contribution is 2.03. The predicted octanol–water partition coefficient (Wildman–Crippen LogP) is 1.45. The van der Waals surface area contributed by atoms with Gasteiger partial charge >= 0.3 is 0 Å². The van der Waals surface area contributed by atoms with Crippen LogP contribution in [0.3, 0.4) is 0 Å². The molecular formula is C14H18N4O3. The number of furan rings is 1. The zero-order valence-electron chi connectivity index (χ0n) is 11.8. The summed E-state index contributed by atoms with van der Waals surface area (Å²) in [6.45, 7) is 1.75. The van der Waals surface area contributed by atoms with Crippen molar-refractivity contribution in [3.05, 3.63) is 42.2 Å². The molecule has 2 rings (SSSR count). The number of methoxy groups -OCH3 is 1. The van der Waals surface area contributed by atoms with Gasteiger partial charge in [0, 0.05) is 20.3 Å². The molecule has 2 N–H and O–H groups in total. The van der Waals surface area contributed by atoms with E-state index in [0.29, 0.717) is 24.7 Å². The Hall–Kier alpha value is -2.41. The number of anilines is 1. The van der Waals surface area contributed by atoms with Gasteiger partial charge in [-0.1, -0.05) is 0 Å². The molecular weight excluding hydrogens is 272 g/mol. The number of hydrogen-bond acceptors (Lipinski definition) is 6. The number of amides is 1. The van der Waals surface area contributed by atoms with E-state index in [1.54, 1.807) is 25.5 Å². The minimum Gasteiger partial charge on any atom is -0.467 e. The van der Waals surface area contributed by atoms with Crippen molar-refractivity contribution in [2.45, 2.75) is 13.0 Å².